The van der Waals surface area contributed by atoms with Crippen LogP contribution in [0.3, 0.4) is 0 Å². The summed E-state index contributed by atoms with van der Waals surface area (Å²) in [5.74, 6) is 0.907. The molecular weight excluding hydrogens is 222 g/mol. The molecule has 2 heterocycles. The van der Waals surface area contributed by atoms with E-state index in [0.717, 1.165) is 11.2 Å². The molecule has 0 atom stereocenters. The average molecular weight is 245 g/mol. The molecule has 18 heavy (non-hydrogen) atoms. The van der Waals surface area contributed by atoms with Gasteiger partial charge in [-0.15, -0.1) is 0 Å². The maximum atomic E-state index is 4.74. The zero-order valence-corrected chi connectivity index (χ0v) is 12.2. The second kappa shape index (κ2) is 4.71. The minimum Gasteiger partial charge on any atom is -0.260 e. The average Bonchev–Trinajstić information content (AvgIpc) is 2.67. The molecule has 0 saturated carbocycles. The van der Waals surface area contributed by atoms with Crippen molar-refractivity contribution >= 4 is 11.0 Å². The van der Waals surface area contributed by atoms with Crippen LogP contribution in [0.5, 0.6) is 0 Å². The normalized spacial score (nSPS) is 12.3. The van der Waals surface area contributed by atoms with E-state index in [1.165, 1.54) is 11.1 Å². The van der Waals surface area contributed by atoms with Crippen LogP contribution in [0, 0.1) is 0 Å². The van der Waals surface area contributed by atoms with Crippen LogP contribution >= 0.6 is 0 Å². The summed E-state index contributed by atoms with van der Waals surface area (Å²) in [4.78, 5) is 4.64. The highest BCUT2D eigenvalue weighted by molar-refractivity contribution is 5.78. The van der Waals surface area contributed by atoms with Gasteiger partial charge in [0.2, 0.25) is 0 Å². The predicted molar refractivity (Wildman–Crippen MR) is 76.1 cm³/mol. The van der Waals surface area contributed by atoms with Crippen molar-refractivity contribution in [2.24, 2.45) is 0 Å². The first-order chi connectivity index (χ1) is 8.41. The van der Waals surface area contributed by atoms with Crippen LogP contribution in [0.25, 0.3) is 11.0 Å². The summed E-state index contributed by atoms with van der Waals surface area (Å²) in [6.45, 7) is 13.1. The summed E-state index contributed by atoms with van der Waals surface area (Å²) in [5, 5.41) is 4.74. The van der Waals surface area contributed by atoms with Crippen molar-refractivity contribution in [1.82, 2.24) is 14.8 Å². The molecule has 0 aliphatic rings. The predicted octanol–water partition coefficient (Wildman–Crippen LogP) is 4.26. The highest BCUT2D eigenvalue weighted by Gasteiger charge is 2.17. The number of pyridine rings is 1. The Morgan fingerprint density at radius 3 is 2.17 bits per heavy atom. The van der Waals surface area contributed by atoms with E-state index < -0.39 is 0 Å². The van der Waals surface area contributed by atoms with E-state index in [9.17, 15) is 0 Å². The fourth-order valence-electron chi connectivity index (χ4n) is 2.16. The molecule has 2 aromatic heterocycles. The molecule has 0 amide bonds. The molecule has 3 heteroatoms. The summed E-state index contributed by atoms with van der Waals surface area (Å²) in [6.07, 6.45) is 1.99. The Bertz CT molecular complexity index is 550. The van der Waals surface area contributed by atoms with E-state index in [4.69, 9.17) is 5.10 Å². The van der Waals surface area contributed by atoms with Crippen LogP contribution < -0.4 is 0 Å². The molecule has 98 valence electrons. The molecule has 0 spiro atoms. The molecule has 2 aromatic rings. The Morgan fingerprint density at radius 1 is 1.00 bits per heavy atom. The molecular formula is C15H23N3. The number of hydrogen-bond acceptors (Lipinski definition) is 2. The van der Waals surface area contributed by atoms with Crippen molar-refractivity contribution < 1.29 is 0 Å². The molecule has 0 saturated heterocycles. The van der Waals surface area contributed by atoms with Gasteiger partial charge in [0.25, 0.3) is 0 Å². The van der Waals surface area contributed by atoms with Crippen LogP contribution in [0.4, 0.5) is 0 Å². The largest absolute Gasteiger partial charge is 0.260 e. The van der Waals surface area contributed by atoms with Gasteiger partial charge in [0, 0.05) is 12.2 Å². The quantitative estimate of drug-likeness (QED) is 0.809. The number of fused-ring (bicyclic) bond motifs is 1. The van der Waals surface area contributed by atoms with Crippen molar-refractivity contribution in [3.05, 3.63) is 23.5 Å². The zero-order valence-electron chi connectivity index (χ0n) is 12.2. The Morgan fingerprint density at radius 2 is 1.67 bits per heavy atom. The number of rotatable bonds is 3. The summed E-state index contributed by atoms with van der Waals surface area (Å²) < 4.78 is 2.10. The van der Waals surface area contributed by atoms with Crippen LogP contribution in [0.1, 0.15) is 70.7 Å². The van der Waals surface area contributed by atoms with Crippen molar-refractivity contribution in [2.45, 2.75) is 59.4 Å². The second-order valence-electron chi connectivity index (χ2n) is 5.87. The molecule has 0 radical (unpaired) electrons. The van der Waals surface area contributed by atoms with E-state index in [0.29, 0.717) is 17.9 Å². The molecule has 0 aliphatic heterocycles. The third kappa shape index (κ3) is 2.14. The van der Waals surface area contributed by atoms with Crippen molar-refractivity contribution in [3.8, 4) is 0 Å². The number of nitrogens with zero attached hydrogens (tertiary/aromatic N) is 3. The lowest BCUT2D eigenvalue weighted by Crippen LogP contribution is -2.03. The number of hydrogen-bond donors (Lipinski definition) is 0. The van der Waals surface area contributed by atoms with Gasteiger partial charge in [-0.2, -0.15) is 5.10 Å². The minimum absolute atomic E-state index is 0.365. The maximum Gasteiger partial charge on any atom is 0.112 e. The van der Waals surface area contributed by atoms with Crippen molar-refractivity contribution in [3.63, 3.8) is 0 Å². The lowest BCUT2D eigenvalue weighted by Gasteiger charge is -2.09. The van der Waals surface area contributed by atoms with Crippen LogP contribution in [-0.2, 0) is 0 Å². The molecule has 0 bridgehead atoms. The van der Waals surface area contributed by atoms with Crippen LogP contribution in [-0.4, -0.2) is 14.8 Å². The van der Waals surface area contributed by atoms with E-state index in [2.05, 4.69) is 57.3 Å². The lowest BCUT2D eigenvalue weighted by atomic mass is 10.0. The van der Waals surface area contributed by atoms with Gasteiger partial charge in [0.05, 0.1) is 11.2 Å². The summed E-state index contributed by atoms with van der Waals surface area (Å²) in [7, 11) is 0. The SMILES string of the molecule is CC(C)c1cnc2c(C(C)C)nn(C(C)C)c2c1. The molecule has 0 fully saturated rings. The highest BCUT2D eigenvalue weighted by Crippen LogP contribution is 2.27. The molecule has 0 N–H and O–H groups in total. The van der Waals surface area contributed by atoms with E-state index >= 15 is 0 Å². The molecule has 2 rings (SSSR count). The van der Waals surface area contributed by atoms with Gasteiger partial charge in [-0.3, -0.25) is 9.67 Å². The molecule has 0 aromatic carbocycles. The second-order valence-corrected chi connectivity index (χ2v) is 5.87. The zero-order chi connectivity index (χ0) is 13.4. The fraction of sp³-hybridized carbons (Fsp3) is 0.600. The van der Waals surface area contributed by atoms with Gasteiger partial charge >= 0.3 is 0 Å². The molecule has 0 aliphatic carbocycles. The topological polar surface area (TPSA) is 30.7 Å². The van der Waals surface area contributed by atoms with Gasteiger partial charge in [-0.1, -0.05) is 27.7 Å². The first kappa shape index (κ1) is 13.1. The third-order valence-electron chi connectivity index (χ3n) is 3.30. The van der Waals surface area contributed by atoms with Crippen LogP contribution in [0.2, 0.25) is 0 Å². The minimum atomic E-state index is 0.365. The fourth-order valence-corrected chi connectivity index (χ4v) is 2.16. The van der Waals surface area contributed by atoms with E-state index in [1.807, 2.05) is 6.20 Å². The Labute approximate surface area is 109 Å². The lowest BCUT2D eigenvalue weighted by molar-refractivity contribution is 0.539. The monoisotopic (exact) mass is 245 g/mol. The van der Waals surface area contributed by atoms with E-state index in [1.54, 1.807) is 0 Å². The van der Waals surface area contributed by atoms with Gasteiger partial charge in [0.15, 0.2) is 0 Å². The van der Waals surface area contributed by atoms with E-state index in [-0.39, 0.29) is 0 Å². The first-order valence-corrected chi connectivity index (χ1v) is 6.79. The first-order valence-electron chi connectivity index (χ1n) is 6.79. The van der Waals surface area contributed by atoms with Gasteiger partial charge in [-0.05, 0) is 37.3 Å². The highest BCUT2D eigenvalue weighted by atomic mass is 15.3. The standard InChI is InChI=1S/C15H23N3/c1-9(2)12-7-13-15(16-8-12)14(10(3)4)17-18(13)11(5)6/h7-11H,1-6H3. The maximum absolute atomic E-state index is 4.74. The molecule has 0 unspecified atom stereocenters. The van der Waals surface area contributed by atoms with Gasteiger partial charge in [0.1, 0.15) is 5.52 Å². The van der Waals surface area contributed by atoms with Crippen molar-refractivity contribution in [2.75, 3.05) is 0 Å². The summed E-state index contributed by atoms with van der Waals surface area (Å²) in [6, 6.07) is 2.61. The number of aromatic nitrogens is 3. The Hall–Kier alpha value is -1.38. The third-order valence-corrected chi connectivity index (χ3v) is 3.30. The summed E-state index contributed by atoms with van der Waals surface area (Å²) in [5.41, 5.74) is 4.61. The van der Waals surface area contributed by atoms with Gasteiger partial charge < -0.3 is 0 Å². The Balaban J connectivity index is 2.71. The van der Waals surface area contributed by atoms with Gasteiger partial charge in [-0.25, -0.2) is 0 Å². The Kier molecular flexibility index (Phi) is 3.42. The summed E-state index contributed by atoms with van der Waals surface area (Å²) >= 11 is 0. The smallest absolute Gasteiger partial charge is 0.112 e. The van der Waals surface area contributed by atoms with Crippen LogP contribution in [0.15, 0.2) is 12.3 Å². The van der Waals surface area contributed by atoms with Crippen molar-refractivity contribution in [1.29, 1.82) is 0 Å². The molecule has 3 nitrogen and oxygen atoms in total.